The number of nitrogens with zero attached hydrogens (tertiary/aromatic N) is 3. The van der Waals surface area contributed by atoms with Crippen molar-refractivity contribution < 1.29 is 4.39 Å². The van der Waals surface area contributed by atoms with Gasteiger partial charge in [0.25, 0.3) is 0 Å². The first kappa shape index (κ1) is 13.5. The van der Waals surface area contributed by atoms with Gasteiger partial charge in [0.15, 0.2) is 5.82 Å². The van der Waals surface area contributed by atoms with Gasteiger partial charge in [0.05, 0.1) is 17.9 Å². The highest BCUT2D eigenvalue weighted by Crippen LogP contribution is 2.23. The standard InChI is InChI=1S/C14H13ClFN3S/c1-2-9-7-17-13(20-9)8-19-11-5-3-4-10(16)14(11)18-12(19)6-15/h3-5,7H,2,6,8H2,1H3. The molecule has 104 valence electrons. The third-order valence-corrected chi connectivity index (χ3v) is 4.54. The van der Waals surface area contributed by atoms with Gasteiger partial charge in [-0.15, -0.1) is 22.9 Å². The Morgan fingerprint density at radius 1 is 1.40 bits per heavy atom. The van der Waals surface area contributed by atoms with E-state index in [0.29, 0.717) is 17.9 Å². The number of rotatable bonds is 4. The largest absolute Gasteiger partial charge is 0.320 e. The summed E-state index contributed by atoms with van der Waals surface area (Å²) in [6.07, 6.45) is 2.86. The molecule has 0 spiro atoms. The van der Waals surface area contributed by atoms with E-state index in [1.54, 1.807) is 17.4 Å². The quantitative estimate of drug-likeness (QED) is 0.682. The first-order valence-electron chi connectivity index (χ1n) is 6.36. The molecule has 3 rings (SSSR count). The molecule has 3 aromatic rings. The fourth-order valence-corrected chi connectivity index (χ4v) is 3.21. The number of benzene rings is 1. The first-order valence-corrected chi connectivity index (χ1v) is 7.71. The second-order valence-corrected chi connectivity index (χ2v) is 5.90. The maximum atomic E-state index is 13.8. The van der Waals surface area contributed by atoms with E-state index in [2.05, 4.69) is 16.9 Å². The zero-order chi connectivity index (χ0) is 14.1. The lowest BCUT2D eigenvalue weighted by molar-refractivity contribution is 0.637. The Hall–Kier alpha value is -1.46. The van der Waals surface area contributed by atoms with Crippen LogP contribution in [-0.2, 0) is 18.8 Å². The lowest BCUT2D eigenvalue weighted by atomic mass is 10.3. The van der Waals surface area contributed by atoms with Gasteiger partial charge in [-0.25, -0.2) is 14.4 Å². The van der Waals surface area contributed by atoms with Gasteiger partial charge in [-0.1, -0.05) is 13.0 Å². The van der Waals surface area contributed by atoms with Gasteiger partial charge in [0.2, 0.25) is 0 Å². The topological polar surface area (TPSA) is 30.7 Å². The van der Waals surface area contributed by atoms with Crippen LogP contribution in [0.2, 0.25) is 0 Å². The minimum atomic E-state index is -0.319. The van der Waals surface area contributed by atoms with Crippen molar-refractivity contribution in [1.29, 1.82) is 0 Å². The van der Waals surface area contributed by atoms with Gasteiger partial charge < -0.3 is 4.57 Å². The van der Waals surface area contributed by atoms with E-state index in [-0.39, 0.29) is 11.7 Å². The van der Waals surface area contributed by atoms with Crippen LogP contribution >= 0.6 is 22.9 Å². The van der Waals surface area contributed by atoms with Crippen LogP contribution in [0.3, 0.4) is 0 Å². The average molecular weight is 310 g/mol. The molecule has 0 bridgehead atoms. The highest BCUT2D eigenvalue weighted by atomic mass is 35.5. The molecule has 0 N–H and O–H groups in total. The van der Waals surface area contributed by atoms with Crippen molar-refractivity contribution in [2.75, 3.05) is 0 Å². The molecule has 0 aliphatic rings. The summed E-state index contributed by atoms with van der Waals surface area (Å²) in [5.41, 5.74) is 1.13. The second-order valence-electron chi connectivity index (χ2n) is 4.43. The molecule has 2 aromatic heterocycles. The molecule has 0 saturated carbocycles. The van der Waals surface area contributed by atoms with E-state index in [4.69, 9.17) is 11.6 Å². The van der Waals surface area contributed by atoms with Crippen molar-refractivity contribution >= 4 is 34.0 Å². The summed E-state index contributed by atoms with van der Waals surface area (Å²) in [5.74, 6) is 0.598. The highest BCUT2D eigenvalue weighted by Gasteiger charge is 2.14. The Morgan fingerprint density at radius 2 is 2.25 bits per heavy atom. The fraction of sp³-hybridized carbons (Fsp3) is 0.286. The van der Waals surface area contributed by atoms with E-state index in [9.17, 15) is 4.39 Å². The van der Waals surface area contributed by atoms with Crippen molar-refractivity contribution in [2.24, 2.45) is 0 Å². The van der Waals surface area contributed by atoms with Gasteiger partial charge in [-0.3, -0.25) is 0 Å². The number of imidazole rings is 1. The number of aryl methyl sites for hydroxylation is 1. The monoisotopic (exact) mass is 309 g/mol. The third kappa shape index (κ3) is 2.31. The molecule has 0 amide bonds. The first-order chi connectivity index (χ1) is 9.72. The number of hydrogen-bond donors (Lipinski definition) is 0. The Bertz CT molecular complexity index is 750. The van der Waals surface area contributed by atoms with Crippen LogP contribution < -0.4 is 0 Å². The molecule has 0 radical (unpaired) electrons. The van der Waals surface area contributed by atoms with Crippen molar-refractivity contribution in [3.05, 3.63) is 45.9 Å². The SMILES string of the molecule is CCc1cnc(Cn2c(CCl)nc3c(F)cccc32)s1. The van der Waals surface area contributed by atoms with Crippen molar-refractivity contribution in [1.82, 2.24) is 14.5 Å². The molecule has 0 aliphatic carbocycles. The van der Waals surface area contributed by atoms with Crippen molar-refractivity contribution in [2.45, 2.75) is 25.8 Å². The smallest absolute Gasteiger partial charge is 0.151 e. The molecule has 0 saturated heterocycles. The lowest BCUT2D eigenvalue weighted by Crippen LogP contribution is -2.03. The Labute approximate surface area is 125 Å². The number of thiazole rings is 1. The van der Waals surface area contributed by atoms with Crippen LogP contribution in [-0.4, -0.2) is 14.5 Å². The number of hydrogen-bond acceptors (Lipinski definition) is 3. The van der Waals surface area contributed by atoms with E-state index >= 15 is 0 Å². The summed E-state index contributed by atoms with van der Waals surface area (Å²) in [5, 5.41) is 0.983. The number of halogens is 2. The number of fused-ring (bicyclic) bond motifs is 1. The molecule has 0 atom stereocenters. The number of para-hydroxylation sites is 1. The molecule has 0 unspecified atom stereocenters. The molecule has 1 aromatic carbocycles. The molecular weight excluding hydrogens is 297 g/mol. The van der Waals surface area contributed by atoms with Crippen LogP contribution in [0.25, 0.3) is 11.0 Å². The molecule has 2 heterocycles. The summed E-state index contributed by atoms with van der Waals surface area (Å²) < 4.78 is 15.7. The lowest BCUT2D eigenvalue weighted by Gasteiger charge is -2.05. The maximum Gasteiger partial charge on any atom is 0.151 e. The molecule has 20 heavy (non-hydrogen) atoms. The summed E-state index contributed by atoms with van der Waals surface area (Å²) in [6.45, 7) is 2.68. The maximum absolute atomic E-state index is 13.8. The van der Waals surface area contributed by atoms with Gasteiger partial charge >= 0.3 is 0 Å². The summed E-state index contributed by atoms with van der Waals surface area (Å²) in [4.78, 5) is 9.93. The van der Waals surface area contributed by atoms with Crippen molar-refractivity contribution in [3.8, 4) is 0 Å². The zero-order valence-electron chi connectivity index (χ0n) is 10.9. The molecule has 6 heteroatoms. The molecule has 3 nitrogen and oxygen atoms in total. The summed E-state index contributed by atoms with van der Waals surface area (Å²) in [6, 6.07) is 4.96. The van der Waals surface area contributed by atoms with Crippen LogP contribution in [0.4, 0.5) is 4.39 Å². The minimum Gasteiger partial charge on any atom is -0.320 e. The predicted octanol–water partition coefficient (Wildman–Crippen LogP) is 3.98. The van der Waals surface area contributed by atoms with E-state index in [1.807, 2.05) is 16.8 Å². The minimum absolute atomic E-state index is 0.250. The third-order valence-electron chi connectivity index (χ3n) is 3.17. The molecular formula is C14H13ClFN3S. The van der Waals surface area contributed by atoms with Gasteiger partial charge in [-0.2, -0.15) is 0 Å². The van der Waals surface area contributed by atoms with Crippen LogP contribution in [0, 0.1) is 5.82 Å². The van der Waals surface area contributed by atoms with Gasteiger partial charge in [0.1, 0.15) is 16.3 Å². The normalized spacial score (nSPS) is 11.3. The van der Waals surface area contributed by atoms with E-state index in [0.717, 1.165) is 16.9 Å². The Kier molecular flexibility index (Phi) is 3.72. The van der Waals surface area contributed by atoms with Crippen LogP contribution in [0.15, 0.2) is 24.4 Å². The van der Waals surface area contributed by atoms with Gasteiger partial charge in [-0.05, 0) is 18.6 Å². The zero-order valence-corrected chi connectivity index (χ0v) is 12.5. The molecule has 0 fully saturated rings. The summed E-state index contributed by atoms with van der Waals surface area (Å²) in [7, 11) is 0. The Morgan fingerprint density at radius 3 is 2.95 bits per heavy atom. The number of alkyl halides is 1. The second kappa shape index (κ2) is 5.50. The van der Waals surface area contributed by atoms with E-state index < -0.39 is 0 Å². The predicted molar refractivity (Wildman–Crippen MR) is 79.8 cm³/mol. The molecule has 0 aliphatic heterocycles. The van der Waals surface area contributed by atoms with Crippen molar-refractivity contribution in [3.63, 3.8) is 0 Å². The fourth-order valence-electron chi connectivity index (χ4n) is 2.16. The van der Waals surface area contributed by atoms with Gasteiger partial charge in [0, 0.05) is 11.1 Å². The highest BCUT2D eigenvalue weighted by molar-refractivity contribution is 7.11. The average Bonchev–Trinajstić information content (AvgIpc) is 3.05. The summed E-state index contributed by atoms with van der Waals surface area (Å²) >= 11 is 7.60. The van der Waals surface area contributed by atoms with Crippen LogP contribution in [0.1, 0.15) is 22.6 Å². The van der Waals surface area contributed by atoms with Crippen LogP contribution in [0.5, 0.6) is 0 Å². The number of aromatic nitrogens is 3. The van der Waals surface area contributed by atoms with E-state index in [1.165, 1.54) is 10.9 Å². The Balaban J connectivity index is 2.07.